The van der Waals surface area contributed by atoms with Gasteiger partial charge in [-0.1, -0.05) is 6.08 Å². The standard InChI is InChI=1S/C6H8N2/c1-2-8-6-4-7-3-5(1)6/h1,7H,2-4H2. The molecule has 0 aliphatic carbocycles. The van der Waals surface area contributed by atoms with Gasteiger partial charge in [-0.25, -0.2) is 0 Å². The summed E-state index contributed by atoms with van der Waals surface area (Å²) < 4.78 is 0. The first-order valence-electron chi connectivity index (χ1n) is 2.90. The van der Waals surface area contributed by atoms with E-state index in [0.29, 0.717) is 0 Å². The molecular formula is C6H8N2. The number of hydrogen-bond donors (Lipinski definition) is 1. The lowest BCUT2D eigenvalue weighted by atomic mass is 10.2. The van der Waals surface area contributed by atoms with Crippen LogP contribution in [0.3, 0.4) is 0 Å². The second kappa shape index (κ2) is 1.42. The normalized spacial score (nSPS) is 25.0. The first-order valence-corrected chi connectivity index (χ1v) is 2.90. The number of nitrogens with zero attached hydrogens (tertiary/aromatic N) is 1. The zero-order valence-electron chi connectivity index (χ0n) is 4.65. The predicted octanol–water partition coefficient (Wildman–Crippen LogP) is -0.0294. The van der Waals surface area contributed by atoms with Crippen molar-refractivity contribution < 1.29 is 0 Å². The first-order chi connectivity index (χ1) is 3.97. The monoisotopic (exact) mass is 108 g/mol. The largest absolute Gasteiger partial charge is 0.307 e. The zero-order chi connectivity index (χ0) is 5.40. The van der Waals surface area contributed by atoms with Crippen molar-refractivity contribution in [3.63, 3.8) is 0 Å². The van der Waals surface area contributed by atoms with Crippen molar-refractivity contribution in [1.82, 2.24) is 5.32 Å². The highest BCUT2D eigenvalue weighted by Gasteiger charge is 2.16. The van der Waals surface area contributed by atoms with Crippen LogP contribution >= 0.6 is 0 Å². The van der Waals surface area contributed by atoms with E-state index in [4.69, 9.17) is 0 Å². The van der Waals surface area contributed by atoms with Gasteiger partial charge in [0.1, 0.15) is 0 Å². The molecule has 0 atom stereocenters. The van der Waals surface area contributed by atoms with Gasteiger partial charge in [0.25, 0.3) is 0 Å². The van der Waals surface area contributed by atoms with Crippen molar-refractivity contribution in [3.05, 3.63) is 11.6 Å². The Kier molecular flexibility index (Phi) is 0.758. The molecule has 8 heavy (non-hydrogen) atoms. The van der Waals surface area contributed by atoms with Crippen LogP contribution in [0.2, 0.25) is 0 Å². The Morgan fingerprint density at radius 3 is 3.38 bits per heavy atom. The maximum absolute atomic E-state index is 4.26. The average molecular weight is 108 g/mol. The molecule has 2 heterocycles. The van der Waals surface area contributed by atoms with Crippen molar-refractivity contribution in [2.24, 2.45) is 4.99 Å². The lowest BCUT2D eigenvalue weighted by Gasteiger charge is -1.83. The fraction of sp³-hybridized carbons (Fsp3) is 0.500. The summed E-state index contributed by atoms with van der Waals surface area (Å²) in [5.74, 6) is 0. The highest BCUT2D eigenvalue weighted by atomic mass is 15.0. The van der Waals surface area contributed by atoms with Gasteiger partial charge in [-0.2, -0.15) is 0 Å². The van der Waals surface area contributed by atoms with Gasteiger partial charge in [0.2, 0.25) is 0 Å². The summed E-state index contributed by atoms with van der Waals surface area (Å²) in [6.45, 7) is 2.96. The van der Waals surface area contributed by atoms with Gasteiger partial charge in [-0.15, -0.1) is 0 Å². The third kappa shape index (κ3) is 0.434. The molecule has 0 amide bonds. The van der Waals surface area contributed by atoms with Gasteiger partial charge < -0.3 is 5.32 Å². The summed E-state index contributed by atoms with van der Waals surface area (Å²) in [5.41, 5.74) is 2.70. The van der Waals surface area contributed by atoms with E-state index in [1.807, 2.05) is 0 Å². The Balaban J connectivity index is 2.37. The highest BCUT2D eigenvalue weighted by Crippen LogP contribution is 2.08. The summed E-state index contributed by atoms with van der Waals surface area (Å²) in [7, 11) is 0. The number of nitrogens with one attached hydrogen (secondary N) is 1. The summed E-state index contributed by atoms with van der Waals surface area (Å²) >= 11 is 0. The summed E-state index contributed by atoms with van der Waals surface area (Å²) in [6, 6.07) is 0. The Hall–Kier alpha value is -0.630. The smallest absolute Gasteiger partial charge is 0.0581 e. The molecule has 42 valence electrons. The molecule has 0 aromatic rings. The van der Waals surface area contributed by atoms with Crippen molar-refractivity contribution >= 4 is 5.71 Å². The van der Waals surface area contributed by atoms with Crippen LogP contribution in [-0.2, 0) is 0 Å². The minimum absolute atomic E-state index is 0.923. The fourth-order valence-electron chi connectivity index (χ4n) is 1.14. The number of hydrogen-bond acceptors (Lipinski definition) is 2. The van der Waals surface area contributed by atoms with Gasteiger partial charge in [0.05, 0.1) is 12.3 Å². The molecule has 2 aliphatic heterocycles. The predicted molar refractivity (Wildman–Crippen MR) is 33.3 cm³/mol. The molecule has 0 bridgehead atoms. The van der Waals surface area contributed by atoms with E-state index in [0.717, 1.165) is 19.6 Å². The lowest BCUT2D eigenvalue weighted by molar-refractivity contribution is 0.900. The minimum Gasteiger partial charge on any atom is -0.307 e. The molecule has 0 spiro atoms. The van der Waals surface area contributed by atoms with Crippen LogP contribution in [0, 0.1) is 0 Å². The molecule has 2 nitrogen and oxygen atoms in total. The summed E-state index contributed by atoms with van der Waals surface area (Å²) in [6.07, 6.45) is 2.19. The van der Waals surface area contributed by atoms with E-state index >= 15 is 0 Å². The minimum atomic E-state index is 0.923. The van der Waals surface area contributed by atoms with Crippen LogP contribution in [-0.4, -0.2) is 25.3 Å². The number of fused-ring (bicyclic) bond motifs is 1. The van der Waals surface area contributed by atoms with E-state index in [9.17, 15) is 0 Å². The van der Waals surface area contributed by atoms with Crippen LogP contribution in [0.1, 0.15) is 0 Å². The summed E-state index contributed by atoms with van der Waals surface area (Å²) in [5, 5.41) is 3.23. The van der Waals surface area contributed by atoms with Crippen LogP contribution in [0.5, 0.6) is 0 Å². The van der Waals surface area contributed by atoms with E-state index in [2.05, 4.69) is 16.4 Å². The van der Waals surface area contributed by atoms with Gasteiger partial charge in [-0.3, -0.25) is 4.99 Å². The maximum atomic E-state index is 4.26. The molecule has 2 rings (SSSR count). The molecule has 1 N–H and O–H groups in total. The lowest BCUT2D eigenvalue weighted by Crippen LogP contribution is -2.08. The third-order valence-electron chi connectivity index (χ3n) is 1.60. The second-order valence-electron chi connectivity index (χ2n) is 2.12. The highest BCUT2D eigenvalue weighted by molar-refractivity contribution is 6.05. The molecule has 0 radical (unpaired) electrons. The van der Waals surface area contributed by atoms with Gasteiger partial charge >= 0.3 is 0 Å². The zero-order valence-corrected chi connectivity index (χ0v) is 4.65. The van der Waals surface area contributed by atoms with Crippen LogP contribution < -0.4 is 5.32 Å². The van der Waals surface area contributed by atoms with Crippen molar-refractivity contribution in [2.75, 3.05) is 19.6 Å². The van der Waals surface area contributed by atoms with Crippen molar-refractivity contribution in [1.29, 1.82) is 0 Å². The molecule has 0 aromatic carbocycles. The molecule has 0 aromatic heterocycles. The Labute approximate surface area is 48.3 Å². The Morgan fingerprint density at radius 2 is 2.50 bits per heavy atom. The molecule has 2 heteroatoms. The number of rotatable bonds is 0. The first kappa shape index (κ1) is 4.27. The molecule has 1 saturated heterocycles. The molecular weight excluding hydrogens is 100 g/mol. The molecule has 2 aliphatic rings. The maximum Gasteiger partial charge on any atom is 0.0581 e. The summed E-state index contributed by atoms with van der Waals surface area (Å²) in [4.78, 5) is 4.26. The topological polar surface area (TPSA) is 24.4 Å². The average Bonchev–Trinajstić information content (AvgIpc) is 2.15. The quantitative estimate of drug-likeness (QED) is 0.463. The van der Waals surface area contributed by atoms with E-state index in [-0.39, 0.29) is 0 Å². The second-order valence-corrected chi connectivity index (χ2v) is 2.12. The van der Waals surface area contributed by atoms with Crippen LogP contribution in [0.15, 0.2) is 16.6 Å². The molecule has 1 fully saturated rings. The van der Waals surface area contributed by atoms with Gasteiger partial charge in [0.15, 0.2) is 0 Å². The Morgan fingerprint density at radius 1 is 1.50 bits per heavy atom. The van der Waals surface area contributed by atoms with Gasteiger partial charge in [0, 0.05) is 13.1 Å². The fourth-order valence-corrected chi connectivity index (χ4v) is 1.14. The van der Waals surface area contributed by atoms with Crippen LogP contribution in [0.25, 0.3) is 0 Å². The van der Waals surface area contributed by atoms with E-state index in [1.165, 1.54) is 11.3 Å². The SMILES string of the molecule is C1=C2CNCC2=NC1. The van der Waals surface area contributed by atoms with E-state index in [1.54, 1.807) is 0 Å². The van der Waals surface area contributed by atoms with E-state index < -0.39 is 0 Å². The third-order valence-corrected chi connectivity index (χ3v) is 1.60. The Bertz CT molecular complexity index is 149. The number of aliphatic imine (C=N–C) groups is 1. The van der Waals surface area contributed by atoms with Crippen LogP contribution in [0.4, 0.5) is 0 Å². The van der Waals surface area contributed by atoms with Gasteiger partial charge in [-0.05, 0) is 5.57 Å². The molecule has 0 unspecified atom stereocenters. The van der Waals surface area contributed by atoms with Crippen molar-refractivity contribution in [2.45, 2.75) is 0 Å². The molecule has 0 saturated carbocycles. The van der Waals surface area contributed by atoms with Crippen molar-refractivity contribution in [3.8, 4) is 0 Å².